The second-order valence-corrected chi connectivity index (χ2v) is 4.81. The molecule has 0 atom stereocenters. The van der Waals surface area contributed by atoms with Crippen molar-refractivity contribution in [3.05, 3.63) is 25.1 Å². The lowest BCUT2D eigenvalue weighted by Crippen LogP contribution is -2.12. The van der Waals surface area contributed by atoms with Crippen molar-refractivity contribution in [1.82, 2.24) is 0 Å². The van der Waals surface area contributed by atoms with Crippen LogP contribution >= 0.6 is 69.6 Å². The van der Waals surface area contributed by atoms with Gasteiger partial charge in [0.2, 0.25) is 0 Å². The molecule has 0 saturated carbocycles. The van der Waals surface area contributed by atoms with E-state index in [-0.39, 0.29) is 42.5 Å². The monoisotopic (exact) mass is 338 g/mol. The first kappa shape index (κ1) is 14.5. The van der Waals surface area contributed by atoms with Gasteiger partial charge in [0.25, 0.3) is 0 Å². The van der Waals surface area contributed by atoms with Crippen LogP contribution in [0.25, 0.3) is 0 Å². The summed E-state index contributed by atoms with van der Waals surface area (Å²) in [7, 11) is 0. The van der Waals surface area contributed by atoms with Gasteiger partial charge in [0.1, 0.15) is 11.5 Å². The number of rotatable bonds is 2. The van der Waals surface area contributed by atoms with Crippen molar-refractivity contribution in [3.63, 3.8) is 0 Å². The first-order valence-electron chi connectivity index (χ1n) is 3.80. The molecule has 0 spiro atoms. The summed E-state index contributed by atoms with van der Waals surface area (Å²) < 4.78 is 0. The Bertz CT molecular complexity index is 427. The summed E-state index contributed by atoms with van der Waals surface area (Å²) in [6, 6.07) is 0. The average Bonchev–Trinajstić information content (AvgIpc) is 2.29. The van der Waals surface area contributed by atoms with Crippen LogP contribution in [0.3, 0.4) is 0 Å². The van der Waals surface area contributed by atoms with Crippen LogP contribution in [-0.4, -0.2) is 11.7 Å². The van der Waals surface area contributed by atoms with E-state index in [0.29, 0.717) is 0 Å². The Morgan fingerprint density at radius 1 is 0.875 bits per heavy atom. The lowest BCUT2D eigenvalue weighted by Gasteiger charge is -2.09. The number of nitrogens with two attached hydrogens (primary N) is 1. The predicted octanol–water partition coefficient (Wildman–Crippen LogP) is 5.18. The maximum Gasteiger partial charge on any atom is 0.115 e. The standard InChI is InChI=1S/C8H4Cl6N2/c9-1-2(15)16-8-6(13)4(11)3(10)5(12)7(8)14/h1H2,(H2,15,16). The molecule has 0 aliphatic rings. The second kappa shape index (κ2) is 5.85. The quantitative estimate of drug-likeness (QED) is 0.260. The third kappa shape index (κ3) is 2.81. The Morgan fingerprint density at radius 2 is 1.25 bits per heavy atom. The number of hydrogen-bond acceptors (Lipinski definition) is 1. The molecule has 0 unspecified atom stereocenters. The van der Waals surface area contributed by atoms with E-state index in [2.05, 4.69) is 4.99 Å². The third-order valence-electron chi connectivity index (χ3n) is 1.58. The highest BCUT2D eigenvalue weighted by Crippen LogP contribution is 2.48. The minimum absolute atomic E-state index is 0.0323. The Labute approximate surface area is 122 Å². The van der Waals surface area contributed by atoms with Gasteiger partial charge >= 0.3 is 0 Å². The summed E-state index contributed by atoms with van der Waals surface area (Å²) in [5.74, 6) is 0.171. The van der Waals surface area contributed by atoms with Gasteiger partial charge in [0, 0.05) is 0 Å². The molecule has 2 nitrogen and oxygen atoms in total. The zero-order valence-electron chi connectivity index (χ0n) is 7.50. The van der Waals surface area contributed by atoms with Gasteiger partial charge in [-0.1, -0.05) is 58.0 Å². The summed E-state index contributed by atoms with van der Waals surface area (Å²) in [6.45, 7) is 0. The highest BCUT2D eigenvalue weighted by atomic mass is 35.5. The molecule has 0 heterocycles. The topological polar surface area (TPSA) is 38.4 Å². The Kier molecular flexibility index (Phi) is 5.30. The molecule has 1 aromatic rings. The molecule has 0 fully saturated rings. The van der Waals surface area contributed by atoms with E-state index >= 15 is 0 Å². The lowest BCUT2D eigenvalue weighted by molar-refractivity contribution is 1.45. The molecule has 0 saturated heterocycles. The van der Waals surface area contributed by atoms with Gasteiger partial charge in [0.15, 0.2) is 0 Å². The molecule has 0 aliphatic carbocycles. The van der Waals surface area contributed by atoms with Gasteiger partial charge in [-0.2, -0.15) is 0 Å². The zero-order chi connectivity index (χ0) is 12.5. The van der Waals surface area contributed by atoms with E-state index < -0.39 is 0 Å². The predicted molar refractivity (Wildman–Crippen MR) is 73.5 cm³/mol. The summed E-state index contributed by atoms with van der Waals surface area (Å²) in [6.07, 6.45) is 0. The molecule has 0 aliphatic heterocycles. The van der Waals surface area contributed by atoms with Gasteiger partial charge < -0.3 is 5.73 Å². The minimum Gasteiger partial charge on any atom is -0.386 e. The first-order valence-corrected chi connectivity index (χ1v) is 6.23. The van der Waals surface area contributed by atoms with E-state index in [0.717, 1.165) is 0 Å². The zero-order valence-corrected chi connectivity index (χ0v) is 12.0. The van der Waals surface area contributed by atoms with Crippen LogP contribution in [0.5, 0.6) is 0 Å². The Hall–Kier alpha value is 0.430. The number of halogens is 6. The highest BCUT2D eigenvalue weighted by Gasteiger charge is 2.19. The molecule has 0 aromatic heterocycles. The van der Waals surface area contributed by atoms with Crippen LogP contribution in [0.4, 0.5) is 5.69 Å². The number of amidine groups is 1. The lowest BCUT2D eigenvalue weighted by atomic mass is 10.3. The molecule has 1 rings (SSSR count). The summed E-state index contributed by atoms with van der Waals surface area (Å²) in [5.41, 5.74) is 5.62. The fourth-order valence-corrected chi connectivity index (χ4v) is 2.14. The van der Waals surface area contributed by atoms with Crippen LogP contribution in [0.2, 0.25) is 25.1 Å². The number of alkyl halides is 1. The fourth-order valence-electron chi connectivity index (χ4n) is 0.865. The smallest absolute Gasteiger partial charge is 0.115 e. The van der Waals surface area contributed by atoms with Crippen LogP contribution in [0.15, 0.2) is 4.99 Å². The maximum atomic E-state index is 5.91. The second-order valence-electron chi connectivity index (χ2n) is 2.66. The van der Waals surface area contributed by atoms with Crippen LogP contribution in [0.1, 0.15) is 0 Å². The molecule has 8 heteroatoms. The average molecular weight is 341 g/mol. The summed E-state index contributed by atoms with van der Waals surface area (Å²) >= 11 is 34.8. The molecule has 88 valence electrons. The van der Waals surface area contributed by atoms with Crippen molar-refractivity contribution in [2.24, 2.45) is 10.7 Å². The molecule has 0 radical (unpaired) electrons. The maximum absolute atomic E-state index is 5.91. The number of hydrogen-bond donors (Lipinski definition) is 1. The minimum atomic E-state index is 0.0323. The van der Waals surface area contributed by atoms with Crippen molar-refractivity contribution in [2.75, 3.05) is 5.88 Å². The normalized spacial score (nSPS) is 12.0. The SMILES string of the molecule is NC(CCl)=Nc1c(Cl)c(Cl)c(Cl)c(Cl)c1Cl. The van der Waals surface area contributed by atoms with Crippen LogP contribution in [0, 0.1) is 0 Å². The number of nitrogens with zero attached hydrogens (tertiary/aromatic N) is 1. The molecular formula is C8H4Cl6N2. The molecular weight excluding hydrogens is 337 g/mol. The van der Waals surface area contributed by atoms with Crippen molar-refractivity contribution in [3.8, 4) is 0 Å². The van der Waals surface area contributed by atoms with Gasteiger partial charge in [0.05, 0.1) is 31.0 Å². The van der Waals surface area contributed by atoms with Gasteiger partial charge in [-0.3, -0.25) is 0 Å². The van der Waals surface area contributed by atoms with Crippen molar-refractivity contribution < 1.29 is 0 Å². The van der Waals surface area contributed by atoms with E-state index in [1.807, 2.05) is 0 Å². The molecule has 1 aromatic carbocycles. The van der Waals surface area contributed by atoms with E-state index in [4.69, 9.17) is 75.3 Å². The van der Waals surface area contributed by atoms with Gasteiger partial charge in [-0.15, -0.1) is 11.6 Å². The van der Waals surface area contributed by atoms with Crippen molar-refractivity contribution >= 4 is 81.1 Å². The third-order valence-corrected chi connectivity index (χ3v) is 4.11. The van der Waals surface area contributed by atoms with Gasteiger partial charge in [-0.05, 0) is 0 Å². The largest absolute Gasteiger partial charge is 0.386 e. The molecule has 16 heavy (non-hydrogen) atoms. The van der Waals surface area contributed by atoms with E-state index in [1.54, 1.807) is 0 Å². The van der Waals surface area contributed by atoms with E-state index in [1.165, 1.54) is 0 Å². The van der Waals surface area contributed by atoms with E-state index in [9.17, 15) is 0 Å². The summed E-state index contributed by atoms with van der Waals surface area (Å²) in [5, 5.41) is 0.364. The highest BCUT2D eigenvalue weighted by molar-refractivity contribution is 6.56. The van der Waals surface area contributed by atoms with Crippen LogP contribution < -0.4 is 5.73 Å². The number of aliphatic imine (C=N–C) groups is 1. The molecule has 0 bridgehead atoms. The number of benzene rings is 1. The Balaban J connectivity index is 3.52. The van der Waals surface area contributed by atoms with Gasteiger partial charge in [-0.25, -0.2) is 4.99 Å². The summed E-state index contributed by atoms with van der Waals surface area (Å²) in [4.78, 5) is 3.91. The Morgan fingerprint density at radius 3 is 1.62 bits per heavy atom. The first-order chi connectivity index (χ1) is 7.40. The molecule has 0 amide bonds. The fraction of sp³-hybridized carbons (Fsp3) is 0.125. The van der Waals surface area contributed by atoms with Crippen LogP contribution in [-0.2, 0) is 0 Å². The molecule has 2 N–H and O–H groups in total. The van der Waals surface area contributed by atoms with Crippen molar-refractivity contribution in [1.29, 1.82) is 0 Å². The van der Waals surface area contributed by atoms with Crippen molar-refractivity contribution in [2.45, 2.75) is 0 Å².